The van der Waals surface area contributed by atoms with E-state index in [1.165, 1.54) is 13.3 Å². The summed E-state index contributed by atoms with van der Waals surface area (Å²) in [5.74, 6) is 2.03. The summed E-state index contributed by atoms with van der Waals surface area (Å²) in [5, 5.41) is 11.0. The monoisotopic (exact) mass is 534 g/mol. The summed E-state index contributed by atoms with van der Waals surface area (Å²) in [6.45, 7) is 1.56. The highest BCUT2D eigenvalue weighted by Crippen LogP contribution is 2.41. The van der Waals surface area contributed by atoms with Gasteiger partial charge in [-0.1, -0.05) is 23.4 Å². The van der Waals surface area contributed by atoms with Gasteiger partial charge in [-0.2, -0.15) is 0 Å². The number of methoxy groups -OCH3 is 1. The molecule has 0 saturated carbocycles. The minimum atomic E-state index is -1.52. The van der Waals surface area contributed by atoms with Crippen molar-refractivity contribution in [1.29, 1.82) is 0 Å². The number of nitrogens with zero attached hydrogens (tertiary/aromatic N) is 2. The van der Waals surface area contributed by atoms with Crippen LogP contribution >= 0.6 is 11.6 Å². The zero-order chi connectivity index (χ0) is 26.6. The van der Waals surface area contributed by atoms with E-state index in [0.29, 0.717) is 61.1 Å². The Bertz CT molecular complexity index is 1310. The van der Waals surface area contributed by atoms with Crippen LogP contribution in [0.3, 0.4) is 0 Å². The Balaban J connectivity index is 1.37. The molecule has 9 heteroatoms. The Labute approximate surface area is 218 Å². The number of halogens is 5. The molecule has 2 aromatic carbocycles. The fourth-order valence-corrected chi connectivity index (χ4v) is 5.01. The largest absolute Gasteiger partial charge is 0.497 e. The van der Waals surface area contributed by atoms with Crippen LogP contribution in [0.1, 0.15) is 43.0 Å². The van der Waals surface area contributed by atoms with Crippen LogP contribution in [0.15, 0.2) is 36.5 Å². The molecule has 4 rings (SSSR count). The first-order chi connectivity index (χ1) is 17.7. The predicted octanol–water partition coefficient (Wildman–Crippen LogP) is 6.23. The molecule has 0 bridgehead atoms. The van der Waals surface area contributed by atoms with Gasteiger partial charge in [0.25, 0.3) is 0 Å². The van der Waals surface area contributed by atoms with Gasteiger partial charge >= 0.3 is 0 Å². The second-order valence-electron chi connectivity index (χ2n) is 9.40. The lowest BCUT2D eigenvalue weighted by atomic mass is 9.74. The molecule has 1 atom stereocenters. The molecule has 1 saturated heterocycles. The maximum Gasteiger partial charge on any atom is 0.194 e. The molecule has 0 spiro atoms. The number of piperidine rings is 1. The Morgan fingerprint density at radius 2 is 1.86 bits per heavy atom. The van der Waals surface area contributed by atoms with E-state index >= 15 is 4.39 Å². The van der Waals surface area contributed by atoms with Gasteiger partial charge in [0, 0.05) is 29.3 Å². The average Bonchev–Trinajstić information content (AvgIpc) is 2.90. The minimum absolute atomic E-state index is 0.0621. The zero-order valence-corrected chi connectivity index (χ0v) is 21.1. The summed E-state index contributed by atoms with van der Waals surface area (Å²) in [6, 6.07) is 6.97. The van der Waals surface area contributed by atoms with Crippen molar-refractivity contribution in [2.45, 2.75) is 31.9 Å². The number of rotatable bonds is 7. The van der Waals surface area contributed by atoms with E-state index in [2.05, 4.69) is 21.7 Å². The smallest absolute Gasteiger partial charge is 0.194 e. The highest BCUT2D eigenvalue weighted by atomic mass is 35.5. The zero-order valence-electron chi connectivity index (χ0n) is 20.3. The van der Waals surface area contributed by atoms with Gasteiger partial charge in [0.1, 0.15) is 11.9 Å². The number of pyridine rings is 1. The molecule has 4 nitrogen and oxygen atoms in total. The normalized spacial score (nSPS) is 16.3. The van der Waals surface area contributed by atoms with Gasteiger partial charge in [0.05, 0.1) is 24.2 Å². The number of hydrogen-bond acceptors (Lipinski definition) is 4. The molecule has 1 aliphatic rings. The maximum atomic E-state index is 15.6. The van der Waals surface area contributed by atoms with Gasteiger partial charge in [-0.3, -0.25) is 9.88 Å². The van der Waals surface area contributed by atoms with Crippen molar-refractivity contribution in [1.82, 2.24) is 9.88 Å². The van der Waals surface area contributed by atoms with Crippen molar-refractivity contribution in [2.24, 2.45) is 5.41 Å². The molecule has 1 aliphatic heterocycles. The van der Waals surface area contributed by atoms with Crippen molar-refractivity contribution in [3.05, 3.63) is 70.1 Å². The molecule has 0 amide bonds. The van der Waals surface area contributed by atoms with E-state index < -0.39 is 29.0 Å². The summed E-state index contributed by atoms with van der Waals surface area (Å²) in [4.78, 5) is 6.34. The van der Waals surface area contributed by atoms with Crippen LogP contribution in [-0.2, 0) is 0 Å². The van der Waals surface area contributed by atoms with E-state index in [4.69, 9.17) is 16.3 Å². The van der Waals surface area contributed by atoms with Crippen LogP contribution in [0, 0.1) is 34.7 Å². The summed E-state index contributed by atoms with van der Waals surface area (Å²) in [5.41, 5.74) is 0.636. The fraction of sp³-hybridized carbons (Fsp3) is 0.393. The maximum absolute atomic E-state index is 15.6. The van der Waals surface area contributed by atoms with Gasteiger partial charge in [0.15, 0.2) is 17.5 Å². The lowest BCUT2D eigenvalue weighted by Crippen LogP contribution is -2.42. The van der Waals surface area contributed by atoms with E-state index in [1.807, 2.05) is 0 Å². The molecule has 3 aromatic rings. The van der Waals surface area contributed by atoms with Crippen molar-refractivity contribution in [3.8, 4) is 17.6 Å². The summed E-state index contributed by atoms with van der Waals surface area (Å²) in [7, 11) is 1.54. The topological polar surface area (TPSA) is 45.6 Å². The van der Waals surface area contributed by atoms with Crippen LogP contribution < -0.4 is 4.74 Å². The van der Waals surface area contributed by atoms with Gasteiger partial charge < -0.3 is 9.84 Å². The third kappa shape index (κ3) is 6.18. The lowest BCUT2D eigenvalue weighted by Gasteiger charge is -2.40. The van der Waals surface area contributed by atoms with Crippen LogP contribution in [-0.4, -0.2) is 48.3 Å². The van der Waals surface area contributed by atoms with E-state index in [0.717, 1.165) is 12.1 Å². The van der Waals surface area contributed by atoms with Gasteiger partial charge in [-0.15, -0.1) is 0 Å². The van der Waals surface area contributed by atoms with Crippen LogP contribution in [0.25, 0.3) is 10.9 Å². The summed E-state index contributed by atoms with van der Waals surface area (Å²) >= 11 is 6.35. The molecule has 196 valence electrons. The van der Waals surface area contributed by atoms with Gasteiger partial charge in [-0.25, -0.2) is 17.6 Å². The molecular formula is C28H27ClF4N2O2. The molecule has 2 heterocycles. The van der Waals surface area contributed by atoms with Crippen molar-refractivity contribution >= 4 is 22.5 Å². The number of likely N-dealkylation sites (tertiary alicyclic amines) is 1. The summed E-state index contributed by atoms with van der Waals surface area (Å²) < 4.78 is 60.7. The number of hydrogen-bond donors (Lipinski definition) is 1. The predicted molar refractivity (Wildman–Crippen MR) is 135 cm³/mol. The number of alkyl halides is 1. The fourth-order valence-electron chi connectivity index (χ4n) is 4.74. The Hall–Kier alpha value is -2.86. The molecule has 1 fully saturated rings. The lowest BCUT2D eigenvalue weighted by molar-refractivity contribution is 0.0344. The van der Waals surface area contributed by atoms with Crippen LogP contribution in [0.5, 0.6) is 5.75 Å². The standard InChI is InChI=1S/C28H27ClF4N2O2/c1-37-19-4-5-25-20(15-19)26(21(29)16-34-25)22(30)6-7-28(17-36)8-11-35(12-9-28)10-2-3-18-13-23(31)27(33)24(32)14-18/h4-5,13-16,22,36H,6-12,17H2,1H3/t22-/m0/s1. The molecule has 37 heavy (non-hydrogen) atoms. The molecule has 0 unspecified atom stereocenters. The van der Waals surface area contributed by atoms with Crippen LogP contribution in [0.4, 0.5) is 17.6 Å². The number of aromatic nitrogens is 1. The first kappa shape index (κ1) is 27.2. The van der Waals surface area contributed by atoms with E-state index in [1.54, 1.807) is 18.2 Å². The number of fused-ring (bicyclic) bond motifs is 1. The first-order valence-electron chi connectivity index (χ1n) is 12.0. The number of aliphatic hydroxyl groups is 1. The van der Waals surface area contributed by atoms with Crippen molar-refractivity contribution in [3.63, 3.8) is 0 Å². The van der Waals surface area contributed by atoms with Gasteiger partial charge in [-0.05, 0) is 74.5 Å². The molecule has 0 radical (unpaired) electrons. The highest BCUT2D eigenvalue weighted by molar-refractivity contribution is 6.32. The SMILES string of the molecule is COc1ccc2ncc(Cl)c([C@@H](F)CCC3(CO)CCN(CC#Cc4cc(F)c(F)c(F)c4)CC3)c2c1. The molecule has 0 aliphatic carbocycles. The number of benzene rings is 2. The van der Waals surface area contributed by atoms with Crippen molar-refractivity contribution < 1.29 is 27.4 Å². The highest BCUT2D eigenvalue weighted by Gasteiger charge is 2.35. The number of aliphatic hydroxyl groups excluding tert-OH is 1. The quantitative estimate of drug-likeness (QED) is 0.222. The van der Waals surface area contributed by atoms with E-state index in [9.17, 15) is 18.3 Å². The first-order valence-corrected chi connectivity index (χ1v) is 12.4. The number of ether oxygens (including phenoxy) is 1. The Morgan fingerprint density at radius 1 is 1.16 bits per heavy atom. The van der Waals surface area contributed by atoms with Crippen molar-refractivity contribution in [2.75, 3.05) is 33.4 Å². The van der Waals surface area contributed by atoms with Gasteiger partial charge in [0.2, 0.25) is 0 Å². The van der Waals surface area contributed by atoms with E-state index in [-0.39, 0.29) is 23.6 Å². The van der Waals surface area contributed by atoms with Crippen LogP contribution in [0.2, 0.25) is 5.02 Å². The second kappa shape index (κ2) is 11.7. The second-order valence-corrected chi connectivity index (χ2v) is 9.81. The Kier molecular flexibility index (Phi) is 8.58. The third-order valence-corrected chi connectivity index (χ3v) is 7.38. The molecule has 1 aromatic heterocycles. The Morgan fingerprint density at radius 3 is 2.51 bits per heavy atom. The average molecular weight is 535 g/mol. The molecular weight excluding hydrogens is 508 g/mol. The molecule has 1 N–H and O–H groups in total. The minimum Gasteiger partial charge on any atom is -0.497 e. The summed E-state index contributed by atoms with van der Waals surface area (Å²) in [6.07, 6.45) is 2.08. The third-order valence-electron chi connectivity index (χ3n) is 7.08.